The number of aliphatic hydroxyl groups excluding tert-OH is 1. The smallest absolute Gasteiger partial charge is 0.289 e. The molecule has 21 heavy (non-hydrogen) atoms. The van der Waals surface area contributed by atoms with Gasteiger partial charge in [-0.15, -0.1) is 11.6 Å². The number of hydrogen-bond donors (Lipinski definition) is 3. The summed E-state index contributed by atoms with van der Waals surface area (Å²) in [6.07, 6.45) is -0.710. The number of nitro groups is 1. The number of alkyl halides is 1. The lowest BCUT2D eigenvalue weighted by atomic mass is 10.3. The fraction of sp³-hybridized carbons (Fsp3) is 0.455. The molecule has 0 heterocycles. The third kappa shape index (κ3) is 5.56. The van der Waals surface area contributed by atoms with Crippen LogP contribution in [-0.4, -0.2) is 50.1 Å². The molecule has 1 aromatic rings. The summed E-state index contributed by atoms with van der Waals surface area (Å²) in [4.78, 5) is 9.69. The van der Waals surface area contributed by atoms with Crippen LogP contribution in [0.25, 0.3) is 0 Å². The highest BCUT2D eigenvalue weighted by atomic mass is 35.5. The van der Waals surface area contributed by atoms with E-state index in [9.17, 15) is 23.6 Å². The second-order valence-corrected chi connectivity index (χ2v) is 6.18. The summed E-state index contributed by atoms with van der Waals surface area (Å²) in [7, 11) is -3.96. The fourth-order valence-corrected chi connectivity index (χ4v) is 2.82. The number of benzene rings is 1. The molecule has 1 unspecified atom stereocenters. The van der Waals surface area contributed by atoms with Crippen LogP contribution in [0.15, 0.2) is 29.2 Å². The van der Waals surface area contributed by atoms with Crippen LogP contribution in [0.1, 0.15) is 0 Å². The SMILES string of the molecule is O=[N+]([O-])c1ccccc1S(=O)(=O)NCCNCC(O)CCl. The number of halogens is 1. The average molecular weight is 338 g/mol. The van der Waals surface area contributed by atoms with Crippen molar-refractivity contribution in [1.29, 1.82) is 0 Å². The first-order chi connectivity index (χ1) is 9.88. The van der Waals surface area contributed by atoms with Crippen LogP contribution in [0, 0.1) is 10.1 Å². The van der Waals surface area contributed by atoms with Crippen molar-refractivity contribution in [3.8, 4) is 0 Å². The van der Waals surface area contributed by atoms with E-state index in [1.165, 1.54) is 18.2 Å². The standard InChI is InChI=1S/C11H16ClN3O5S/c12-7-9(16)8-13-5-6-14-21(19,20)11-4-2-1-3-10(11)15(17)18/h1-4,9,13-14,16H,5-8H2. The summed E-state index contributed by atoms with van der Waals surface area (Å²) < 4.78 is 26.2. The molecule has 1 aromatic carbocycles. The van der Waals surface area contributed by atoms with Gasteiger partial charge in [0.15, 0.2) is 4.90 Å². The third-order valence-corrected chi connectivity index (χ3v) is 4.37. The van der Waals surface area contributed by atoms with E-state index in [2.05, 4.69) is 10.0 Å². The van der Waals surface area contributed by atoms with Crippen LogP contribution in [-0.2, 0) is 10.0 Å². The number of nitro benzene ring substituents is 1. The number of nitrogens with zero attached hydrogens (tertiary/aromatic N) is 1. The van der Waals surface area contributed by atoms with Crippen molar-refractivity contribution in [2.45, 2.75) is 11.0 Å². The van der Waals surface area contributed by atoms with Crippen LogP contribution >= 0.6 is 11.6 Å². The Morgan fingerprint density at radius 1 is 1.33 bits per heavy atom. The monoisotopic (exact) mass is 337 g/mol. The number of rotatable bonds is 9. The molecule has 0 bridgehead atoms. The molecule has 10 heteroatoms. The number of hydrogen-bond acceptors (Lipinski definition) is 6. The third-order valence-electron chi connectivity index (χ3n) is 2.50. The maximum Gasteiger partial charge on any atom is 0.289 e. The van der Waals surface area contributed by atoms with E-state index in [1.807, 2.05) is 0 Å². The van der Waals surface area contributed by atoms with Crippen LogP contribution in [0.3, 0.4) is 0 Å². The van der Waals surface area contributed by atoms with Crippen LogP contribution in [0.5, 0.6) is 0 Å². The van der Waals surface area contributed by atoms with Crippen molar-refractivity contribution in [2.24, 2.45) is 0 Å². The molecule has 0 aromatic heterocycles. The summed E-state index contributed by atoms with van der Waals surface area (Å²) in [5.74, 6) is 0.0783. The van der Waals surface area contributed by atoms with E-state index >= 15 is 0 Å². The molecule has 0 radical (unpaired) electrons. The largest absolute Gasteiger partial charge is 0.391 e. The Morgan fingerprint density at radius 2 is 2.00 bits per heavy atom. The van der Waals surface area contributed by atoms with E-state index in [-0.39, 0.29) is 30.4 Å². The zero-order chi connectivity index (χ0) is 15.9. The van der Waals surface area contributed by atoms with E-state index in [1.54, 1.807) is 0 Å². The van der Waals surface area contributed by atoms with Gasteiger partial charge in [0.05, 0.1) is 11.0 Å². The molecular formula is C11H16ClN3O5S. The Labute approximate surface area is 127 Å². The Morgan fingerprint density at radius 3 is 2.62 bits per heavy atom. The van der Waals surface area contributed by atoms with Crippen molar-refractivity contribution >= 4 is 27.3 Å². The first kappa shape index (κ1) is 17.8. The van der Waals surface area contributed by atoms with E-state index in [0.29, 0.717) is 0 Å². The molecule has 0 aliphatic carbocycles. The minimum absolute atomic E-state index is 0.0311. The Bertz CT molecular complexity index is 581. The molecule has 0 amide bonds. The number of aliphatic hydroxyl groups is 1. The van der Waals surface area contributed by atoms with E-state index in [0.717, 1.165) is 6.07 Å². The van der Waals surface area contributed by atoms with Gasteiger partial charge in [-0.05, 0) is 6.07 Å². The van der Waals surface area contributed by atoms with Gasteiger partial charge in [0.2, 0.25) is 10.0 Å². The van der Waals surface area contributed by atoms with Crippen molar-refractivity contribution in [1.82, 2.24) is 10.0 Å². The van der Waals surface area contributed by atoms with Gasteiger partial charge in [-0.2, -0.15) is 0 Å². The van der Waals surface area contributed by atoms with Gasteiger partial charge >= 0.3 is 0 Å². The summed E-state index contributed by atoms with van der Waals surface area (Å²) in [5, 5.41) is 22.8. The maximum atomic E-state index is 12.0. The van der Waals surface area contributed by atoms with Gasteiger partial charge in [0.1, 0.15) is 0 Å². The number of sulfonamides is 1. The molecule has 8 nitrogen and oxygen atoms in total. The topological polar surface area (TPSA) is 122 Å². The lowest BCUT2D eigenvalue weighted by Crippen LogP contribution is -2.35. The van der Waals surface area contributed by atoms with Gasteiger partial charge in [-0.1, -0.05) is 12.1 Å². The number of nitrogens with one attached hydrogen (secondary N) is 2. The second-order valence-electron chi connectivity index (χ2n) is 4.13. The summed E-state index contributed by atoms with van der Waals surface area (Å²) in [6, 6.07) is 5.11. The summed E-state index contributed by atoms with van der Waals surface area (Å²) >= 11 is 5.40. The van der Waals surface area contributed by atoms with Crippen LogP contribution < -0.4 is 10.0 Å². The molecule has 0 fully saturated rings. The predicted molar refractivity (Wildman–Crippen MR) is 77.9 cm³/mol. The van der Waals surface area contributed by atoms with Gasteiger partial charge in [0.25, 0.3) is 5.69 Å². The van der Waals surface area contributed by atoms with Crippen molar-refractivity contribution < 1.29 is 18.4 Å². The minimum Gasteiger partial charge on any atom is -0.391 e. The molecular weight excluding hydrogens is 322 g/mol. The molecule has 0 aliphatic heterocycles. The Hall–Kier alpha value is -1.26. The lowest BCUT2D eigenvalue weighted by molar-refractivity contribution is -0.387. The highest BCUT2D eigenvalue weighted by Gasteiger charge is 2.24. The Balaban J connectivity index is 2.60. The Kier molecular flexibility index (Phi) is 6.99. The summed E-state index contributed by atoms with van der Waals surface area (Å²) in [5.41, 5.74) is -0.476. The molecule has 0 spiro atoms. The fourth-order valence-electron chi connectivity index (χ4n) is 1.51. The minimum atomic E-state index is -3.96. The van der Waals surface area contributed by atoms with Gasteiger partial charge in [0, 0.05) is 31.6 Å². The normalized spacial score (nSPS) is 13.0. The first-order valence-corrected chi connectivity index (χ1v) is 8.08. The second kappa shape index (κ2) is 8.25. The molecule has 0 saturated heterocycles. The van der Waals surface area contributed by atoms with Gasteiger partial charge in [-0.25, -0.2) is 13.1 Å². The van der Waals surface area contributed by atoms with Gasteiger partial charge in [-0.3, -0.25) is 10.1 Å². The maximum absolute atomic E-state index is 12.0. The number of para-hydroxylation sites is 1. The highest BCUT2D eigenvalue weighted by Crippen LogP contribution is 2.22. The highest BCUT2D eigenvalue weighted by molar-refractivity contribution is 7.89. The van der Waals surface area contributed by atoms with Crippen molar-refractivity contribution in [3.63, 3.8) is 0 Å². The quantitative estimate of drug-likeness (QED) is 0.253. The molecule has 3 N–H and O–H groups in total. The predicted octanol–water partition coefficient (Wildman–Crippen LogP) is 0.0624. The first-order valence-electron chi connectivity index (χ1n) is 6.06. The summed E-state index contributed by atoms with van der Waals surface area (Å²) in [6.45, 7) is 0.522. The van der Waals surface area contributed by atoms with E-state index in [4.69, 9.17) is 11.6 Å². The molecule has 1 atom stereocenters. The van der Waals surface area contributed by atoms with Crippen LogP contribution in [0.2, 0.25) is 0 Å². The molecule has 118 valence electrons. The molecule has 0 aliphatic rings. The zero-order valence-corrected chi connectivity index (χ0v) is 12.6. The lowest BCUT2D eigenvalue weighted by Gasteiger charge is -2.10. The zero-order valence-electron chi connectivity index (χ0n) is 11.0. The van der Waals surface area contributed by atoms with Crippen molar-refractivity contribution in [3.05, 3.63) is 34.4 Å². The molecule has 0 saturated carbocycles. The molecule has 1 rings (SSSR count). The van der Waals surface area contributed by atoms with Crippen molar-refractivity contribution in [2.75, 3.05) is 25.5 Å². The van der Waals surface area contributed by atoms with Gasteiger partial charge < -0.3 is 10.4 Å². The average Bonchev–Trinajstić information content (AvgIpc) is 2.46. The van der Waals surface area contributed by atoms with Crippen LogP contribution in [0.4, 0.5) is 5.69 Å². The van der Waals surface area contributed by atoms with E-state index < -0.39 is 26.7 Å².